The fourth-order valence-corrected chi connectivity index (χ4v) is 4.79. The van der Waals surface area contributed by atoms with Crippen molar-refractivity contribution in [2.45, 2.75) is 0 Å². The number of hydrogen-bond acceptors (Lipinski definition) is 7. The zero-order valence-electron chi connectivity index (χ0n) is 20.3. The second-order valence-electron chi connectivity index (χ2n) is 7.65. The van der Waals surface area contributed by atoms with E-state index in [0.29, 0.717) is 38.7 Å². The molecule has 1 N–H and O–H groups in total. The van der Waals surface area contributed by atoms with Crippen molar-refractivity contribution in [3.63, 3.8) is 0 Å². The molecule has 0 unspecified atom stereocenters. The van der Waals surface area contributed by atoms with Gasteiger partial charge < -0.3 is 19.5 Å². The van der Waals surface area contributed by atoms with E-state index in [4.69, 9.17) is 14.2 Å². The number of benzene rings is 3. The van der Waals surface area contributed by atoms with Crippen LogP contribution in [0, 0.1) is 11.3 Å². The molecule has 0 aliphatic carbocycles. The van der Waals surface area contributed by atoms with Crippen LogP contribution in [0.2, 0.25) is 0 Å². The number of thiazole rings is 1. The number of aromatic nitrogens is 1. The molecular formula is C28H23N3O5S. The van der Waals surface area contributed by atoms with E-state index < -0.39 is 5.91 Å². The monoisotopic (exact) mass is 513 g/mol. The molecule has 8 nitrogen and oxygen atoms in total. The summed E-state index contributed by atoms with van der Waals surface area (Å²) in [6, 6.07) is 23.0. The van der Waals surface area contributed by atoms with Crippen molar-refractivity contribution in [3.8, 4) is 29.0 Å². The smallest absolute Gasteiger partial charge is 0.273 e. The number of nitrogens with zero attached hydrogens (tertiary/aromatic N) is 2. The van der Waals surface area contributed by atoms with E-state index >= 15 is 0 Å². The summed E-state index contributed by atoms with van der Waals surface area (Å²) >= 11 is 1.05. The van der Waals surface area contributed by atoms with Gasteiger partial charge in [0.1, 0.15) is 16.5 Å². The maximum absolute atomic E-state index is 13.6. The van der Waals surface area contributed by atoms with Crippen LogP contribution in [0.15, 0.2) is 77.6 Å². The third kappa shape index (κ3) is 5.24. The molecule has 4 aromatic rings. The Balaban J connectivity index is 1.94. The quantitative estimate of drug-likeness (QED) is 0.408. The number of amides is 1. The fourth-order valence-electron chi connectivity index (χ4n) is 3.68. The van der Waals surface area contributed by atoms with Crippen molar-refractivity contribution in [2.75, 3.05) is 26.6 Å². The molecule has 186 valence electrons. The van der Waals surface area contributed by atoms with E-state index in [9.17, 15) is 14.9 Å². The lowest BCUT2D eigenvalue weighted by Gasteiger charge is -2.09. The van der Waals surface area contributed by atoms with E-state index in [0.717, 1.165) is 11.3 Å². The largest absolute Gasteiger partial charge is 0.495 e. The molecule has 1 heterocycles. The average molecular weight is 514 g/mol. The summed E-state index contributed by atoms with van der Waals surface area (Å²) in [7, 11) is 4.56. The molecule has 37 heavy (non-hydrogen) atoms. The molecule has 0 spiro atoms. The summed E-state index contributed by atoms with van der Waals surface area (Å²) in [6.45, 7) is 0. The molecule has 0 radical (unpaired) electrons. The van der Waals surface area contributed by atoms with Crippen LogP contribution in [0.3, 0.4) is 0 Å². The minimum Gasteiger partial charge on any atom is -0.495 e. The number of rotatable bonds is 7. The van der Waals surface area contributed by atoms with Gasteiger partial charge in [-0.3, -0.25) is 14.2 Å². The van der Waals surface area contributed by atoms with E-state index in [2.05, 4.69) is 5.32 Å². The molecular weight excluding hydrogens is 490 g/mol. The first-order chi connectivity index (χ1) is 18.0. The lowest BCUT2D eigenvalue weighted by molar-refractivity contribution is -0.111. The van der Waals surface area contributed by atoms with Gasteiger partial charge in [0.25, 0.3) is 11.5 Å². The third-order valence-corrected chi connectivity index (χ3v) is 6.54. The fraction of sp³-hybridized carbons (Fsp3) is 0.107. The van der Waals surface area contributed by atoms with Gasteiger partial charge in [0.05, 0.1) is 37.2 Å². The van der Waals surface area contributed by atoms with Gasteiger partial charge in [-0.25, -0.2) is 0 Å². The molecule has 0 saturated carbocycles. The molecule has 0 bridgehead atoms. The molecule has 1 amide bonds. The van der Waals surface area contributed by atoms with Crippen molar-refractivity contribution in [2.24, 2.45) is 0 Å². The number of ether oxygens (including phenoxy) is 3. The van der Waals surface area contributed by atoms with Crippen LogP contribution in [0.1, 0.15) is 5.56 Å². The topological polar surface area (TPSA) is 103 Å². The summed E-state index contributed by atoms with van der Waals surface area (Å²) in [6.07, 6.45) is 1.69. The second kappa shape index (κ2) is 11.3. The highest BCUT2D eigenvalue weighted by Crippen LogP contribution is 2.27. The van der Waals surface area contributed by atoms with Gasteiger partial charge in [0.15, 0.2) is 17.1 Å². The lowest BCUT2D eigenvalue weighted by atomic mass is 10.2. The number of methoxy groups -OCH3 is 3. The third-order valence-electron chi connectivity index (χ3n) is 5.45. The molecule has 0 saturated heterocycles. The van der Waals surface area contributed by atoms with E-state index in [-0.39, 0.29) is 15.8 Å². The molecule has 3 aromatic carbocycles. The molecule has 4 rings (SSSR count). The zero-order chi connectivity index (χ0) is 26.4. The Morgan fingerprint density at radius 1 is 0.919 bits per heavy atom. The summed E-state index contributed by atoms with van der Waals surface area (Å²) in [5, 5.41) is 12.7. The van der Waals surface area contributed by atoms with Gasteiger partial charge in [0.2, 0.25) is 0 Å². The van der Waals surface area contributed by atoms with Crippen LogP contribution in [-0.4, -0.2) is 31.8 Å². The van der Waals surface area contributed by atoms with Gasteiger partial charge in [-0.2, -0.15) is 5.26 Å². The van der Waals surface area contributed by atoms with Crippen LogP contribution in [0.25, 0.3) is 17.3 Å². The molecule has 0 aliphatic heterocycles. The van der Waals surface area contributed by atoms with Crippen LogP contribution in [-0.2, 0) is 4.79 Å². The summed E-state index contributed by atoms with van der Waals surface area (Å²) < 4.78 is 17.9. The van der Waals surface area contributed by atoms with Gasteiger partial charge in [0, 0.05) is 0 Å². The van der Waals surface area contributed by atoms with Gasteiger partial charge in [-0.05, 0) is 48.0 Å². The first-order valence-corrected chi connectivity index (χ1v) is 11.9. The van der Waals surface area contributed by atoms with Crippen molar-refractivity contribution in [3.05, 3.63) is 97.9 Å². The first-order valence-electron chi connectivity index (χ1n) is 11.1. The van der Waals surface area contributed by atoms with Crippen molar-refractivity contribution in [1.82, 2.24) is 4.57 Å². The normalized spacial score (nSPS) is 11.9. The predicted molar refractivity (Wildman–Crippen MR) is 143 cm³/mol. The highest BCUT2D eigenvalue weighted by molar-refractivity contribution is 7.07. The Labute approximate surface area is 216 Å². The van der Waals surface area contributed by atoms with Crippen LogP contribution >= 0.6 is 11.3 Å². The predicted octanol–water partition coefficient (Wildman–Crippen LogP) is 3.07. The molecule has 0 atom stereocenters. The van der Waals surface area contributed by atoms with Crippen LogP contribution in [0.4, 0.5) is 5.69 Å². The molecule has 0 aliphatic rings. The number of anilines is 1. The SMILES string of the molecule is COc1ccccc1NC(=O)/C(C#N)=c1\s/c(=C\c2ccc(OC)c(OC)c2)c(=O)n1-c1ccccc1. The van der Waals surface area contributed by atoms with Gasteiger partial charge >= 0.3 is 0 Å². The van der Waals surface area contributed by atoms with E-state index in [1.165, 1.54) is 18.8 Å². The Morgan fingerprint density at radius 2 is 1.59 bits per heavy atom. The molecule has 9 heteroatoms. The van der Waals surface area contributed by atoms with Gasteiger partial charge in [-0.15, -0.1) is 11.3 Å². The summed E-state index contributed by atoms with van der Waals surface area (Å²) in [4.78, 5) is 26.8. The first kappa shape index (κ1) is 25.3. The minimum atomic E-state index is -0.657. The summed E-state index contributed by atoms with van der Waals surface area (Å²) in [5.41, 5.74) is 1.07. The van der Waals surface area contributed by atoms with Gasteiger partial charge in [-0.1, -0.05) is 36.4 Å². The second-order valence-corrected chi connectivity index (χ2v) is 8.68. The lowest BCUT2D eigenvalue weighted by Crippen LogP contribution is -2.32. The van der Waals surface area contributed by atoms with Crippen molar-refractivity contribution in [1.29, 1.82) is 5.26 Å². The molecule has 1 aromatic heterocycles. The Kier molecular flexibility index (Phi) is 7.71. The van der Waals surface area contributed by atoms with Crippen molar-refractivity contribution >= 4 is 34.6 Å². The molecule has 0 fully saturated rings. The highest BCUT2D eigenvalue weighted by atomic mass is 32.1. The number of nitrogens with one attached hydrogen (secondary N) is 1. The average Bonchev–Trinajstić information content (AvgIpc) is 3.24. The number of nitriles is 1. The maximum atomic E-state index is 13.6. The zero-order valence-corrected chi connectivity index (χ0v) is 21.2. The minimum absolute atomic E-state index is 0.205. The number of carbonyl (C=O) groups excluding carboxylic acids is 1. The number of hydrogen-bond donors (Lipinski definition) is 1. The Hall–Kier alpha value is -4.81. The maximum Gasteiger partial charge on any atom is 0.273 e. The highest BCUT2D eigenvalue weighted by Gasteiger charge is 2.18. The Bertz CT molecular complexity index is 1670. The Morgan fingerprint density at radius 3 is 2.27 bits per heavy atom. The van der Waals surface area contributed by atoms with Crippen LogP contribution in [0.5, 0.6) is 17.2 Å². The standard InChI is InChI=1S/C28H23N3O5S/c1-34-22-12-8-7-11-21(22)30-26(32)20(17-29)28-31(19-9-5-4-6-10-19)27(33)25(37-28)16-18-13-14-23(35-2)24(15-18)36-3/h4-16H,1-3H3,(H,30,32)/b25-16-,28-20-. The van der Waals surface area contributed by atoms with Crippen LogP contribution < -0.4 is 34.3 Å². The van der Waals surface area contributed by atoms with E-state index in [1.807, 2.05) is 12.1 Å². The van der Waals surface area contributed by atoms with Crippen molar-refractivity contribution < 1.29 is 19.0 Å². The number of carbonyl (C=O) groups is 1. The van der Waals surface area contributed by atoms with E-state index in [1.54, 1.807) is 79.9 Å². The summed E-state index contributed by atoms with van der Waals surface area (Å²) in [5.74, 6) is 0.857. The number of para-hydroxylation sites is 3.